The highest BCUT2D eigenvalue weighted by atomic mass is 16.6. The molecule has 3 rings (SSSR count). The molecular formula is C37H66O7. The van der Waals surface area contributed by atoms with Crippen LogP contribution in [0.5, 0.6) is 0 Å². The molecule has 0 saturated carbocycles. The van der Waals surface area contributed by atoms with Crippen LogP contribution in [0.1, 0.15) is 168 Å². The Morgan fingerprint density at radius 2 is 1.25 bits per heavy atom. The lowest BCUT2D eigenvalue weighted by molar-refractivity contribution is -0.139. The van der Waals surface area contributed by atoms with Crippen LogP contribution in [-0.4, -0.2) is 70.1 Å². The number of aliphatic hydroxyl groups excluding tert-OH is 3. The lowest BCUT2D eigenvalue weighted by Crippen LogP contribution is -2.37. The standard InChI is InChI=1S/C37H66O7/c1-3-4-5-6-7-8-9-10-11-12-13-14-15-16-19-23-31(39)35-27-32(40)36(44-35)34-25-24-33(43-34)30(38)22-20-17-18-21-29-26-28(2)42-37(29)41/h26,28,30-36,38-40H,3-25,27H2,1-2H3/t28-,30-,31-,32+,33-,34-,35-,36-/m0/s1. The fraction of sp³-hybridized carbons (Fsp3) is 0.919. The van der Waals surface area contributed by atoms with Crippen molar-refractivity contribution in [2.45, 2.75) is 217 Å². The first-order chi connectivity index (χ1) is 21.4. The summed E-state index contributed by atoms with van der Waals surface area (Å²) in [5.74, 6) is -0.195. The van der Waals surface area contributed by atoms with Crippen LogP contribution in [0.4, 0.5) is 0 Å². The molecule has 0 aliphatic carbocycles. The van der Waals surface area contributed by atoms with Gasteiger partial charge in [-0.2, -0.15) is 0 Å². The highest BCUT2D eigenvalue weighted by Gasteiger charge is 2.45. The number of ether oxygens (including phenoxy) is 3. The van der Waals surface area contributed by atoms with Crippen LogP contribution in [0.25, 0.3) is 0 Å². The Morgan fingerprint density at radius 3 is 1.80 bits per heavy atom. The van der Waals surface area contributed by atoms with Gasteiger partial charge in [-0.15, -0.1) is 0 Å². The van der Waals surface area contributed by atoms with E-state index in [1.165, 1.54) is 83.5 Å². The Bertz CT molecular complexity index is 801. The van der Waals surface area contributed by atoms with Gasteiger partial charge in [0.25, 0.3) is 0 Å². The summed E-state index contributed by atoms with van der Waals surface area (Å²) in [5.41, 5.74) is 0.772. The second-order valence-electron chi connectivity index (χ2n) is 14.0. The number of carbonyl (C=O) groups excluding carboxylic acids is 1. The summed E-state index contributed by atoms with van der Waals surface area (Å²) in [6.07, 6.45) is 25.4. The minimum absolute atomic E-state index is 0.119. The van der Waals surface area contributed by atoms with E-state index in [-0.39, 0.29) is 30.4 Å². The Labute approximate surface area is 268 Å². The zero-order valence-electron chi connectivity index (χ0n) is 28.1. The first-order valence-electron chi connectivity index (χ1n) is 18.7. The quantitative estimate of drug-likeness (QED) is 0.0703. The predicted molar refractivity (Wildman–Crippen MR) is 175 cm³/mol. The maximum absolute atomic E-state index is 11.7. The van der Waals surface area contributed by atoms with Gasteiger partial charge in [0.1, 0.15) is 12.2 Å². The molecule has 7 nitrogen and oxygen atoms in total. The molecule has 0 unspecified atom stereocenters. The molecule has 0 bridgehead atoms. The monoisotopic (exact) mass is 622 g/mol. The summed E-state index contributed by atoms with van der Waals surface area (Å²) in [4.78, 5) is 11.7. The van der Waals surface area contributed by atoms with Crippen LogP contribution in [0.15, 0.2) is 11.6 Å². The summed E-state index contributed by atoms with van der Waals surface area (Å²) in [7, 11) is 0. The third kappa shape index (κ3) is 13.8. The molecule has 3 aliphatic heterocycles. The van der Waals surface area contributed by atoms with Crippen LogP contribution < -0.4 is 0 Å². The van der Waals surface area contributed by atoms with E-state index in [1.807, 2.05) is 13.0 Å². The van der Waals surface area contributed by atoms with Gasteiger partial charge in [0.05, 0.1) is 36.6 Å². The fourth-order valence-corrected chi connectivity index (χ4v) is 7.27. The maximum atomic E-state index is 11.7. The SMILES string of the molecule is CCCCCCCCCCCCCCCCC[C@H](O)[C@@H]1C[C@@H](O)[C@@H]([C@@H]2CC[C@@H]([C@@H](O)CCCCCC3=C[C@H](C)OC3=O)O2)O1. The molecule has 2 fully saturated rings. The van der Waals surface area contributed by atoms with E-state index < -0.39 is 24.4 Å². The normalized spacial score (nSPS) is 28.4. The Morgan fingerprint density at radius 1 is 0.727 bits per heavy atom. The summed E-state index contributed by atoms with van der Waals surface area (Å²) in [6, 6.07) is 0. The molecule has 0 spiro atoms. The smallest absolute Gasteiger partial charge is 0.334 e. The van der Waals surface area contributed by atoms with Crippen LogP contribution in [0, 0.1) is 0 Å². The molecule has 0 aromatic carbocycles. The zero-order chi connectivity index (χ0) is 31.6. The van der Waals surface area contributed by atoms with Crippen LogP contribution in [0.2, 0.25) is 0 Å². The highest BCUT2D eigenvalue weighted by Crippen LogP contribution is 2.35. The number of aliphatic hydroxyl groups is 3. The highest BCUT2D eigenvalue weighted by molar-refractivity contribution is 5.90. The van der Waals surface area contributed by atoms with Crippen LogP contribution in [0.3, 0.4) is 0 Å². The van der Waals surface area contributed by atoms with Crippen molar-refractivity contribution in [2.24, 2.45) is 0 Å². The van der Waals surface area contributed by atoms with Gasteiger partial charge < -0.3 is 29.5 Å². The molecule has 0 aromatic rings. The Balaban J connectivity index is 1.17. The molecule has 0 radical (unpaired) electrons. The van der Waals surface area contributed by atoms with E-state index in [9.17, 15) is 20.1 Å². The third-order valence-electron chi connectivity index (χ3n) is 10.0. The van der Waals surface area contributed by atoms with Gasteiger partial charge in [-0.25, -0.2) is 4.79 Å². The van der Waals surface area contributed by atoms with Gasteiger partial charge in [-0.05, 0) is 51.5 Å². The van der Waals surface area contributed by atoms with Crippen LogP contribution in [-0.2, 0) is 19.0 Å². The van der Waals surface area contributed by atoms with Gasteiger partial charge >= 0.3 is 5.97 Å². The number of carbonyl (C=O) groups is 1. The summed E-state index contributed by atoms with van der Waals surface area (Å²) in [5, 5.41) is 32.2. The van der Waals surface area contributed by atoms with Gasteiger partial charge in [0.2, 0.25) is 0 Å². The van der Waals surface area contributed by atoms with Crippen molar-refractivity contribution >= 4 is 5.97 Å². The van der Waals surface area contributed by atoms with Crippen molar-refractivity contribution in [2.75, 3.05) is 0 Å². The van der Waals surface area contributed by atoms with Crippen molar-refractivity contribution in [3.8, 4) is 0 Å². The minimum atomic E-state index is -0.643. The number of hydrogen-bond acceptors (Lipinski definition) is 7. The molecule has 3 N–H and O–H groups in total. The number of rotatable bonds is 25. The summed E-state index contributed by atoms with van der Waals surface area (Å²) in [6.45, 7) is 4.15. The molecule has 44 heavy (non-hydrogen) atoms. The van der Waals surface area contributed by atoms with E-state index in [1.54, 1.807) is 0 Å². The predicted octanol–water partition coefficient (Wildman–Crippen LogP) is 7.86. The van der Waals surface area contributed by atoms with Crippen molar-refractivity contribution in [1.29, 1.82) is 0 Å². The average molecular weight is 623 g/mol. The number of cyclic esters (lactones) is 1. The molecule has 256 valence electrons. The van der Waals surface area contributed by atoms with E-state index in [0.29, 0.717) is 19.3 Å². The molecule has 3 heterocycles. The molecule has 3 aliphatic rings. The second kappa shape index (κ2) is 21.7. The first kappa shape index (κ1) is 37.5. The van der Waals surface area contributed by atoms with Gasteiger partial charge in [-0.1, -0.05) is 116 Å². The fourth-order valence-electron chi connectivity index (χ4n) is 7.27. The molecular weight excluding hydrogens is 556 g/mol. The van der Waals surface area contributed by atoms with Crippen molar-refractivity contribution in [3.63, 3.8) is 0 Å². The number of hydrogen-bond donors (Lipinski definition) is 3. The van der Waals surface area contributed by atoms with Gasteiger partial charge in [0.15, 0.2) is 0 Å². The molecule has 7 heteroatoms. The second-order valence-corrected chi connectivity index (χ2v) is 14.0. The third-order valence-corrected chi connectivity index (χ3v) is 10.0. The van der Waals surface area contributed by atoms with E-state index >= 15 is 0 Å². The molecule has 0 aromatic heterocycles. The van der Waals surface area contributed by atoms with E-state index in [0.717, 1.165) is 56.9 Å². The summed E-state index contributed by atoms with van der Waals surface area (Å²) < 4.78 is 17.5. The van der Waals surface area contributed by atoms with Gasteiger partial charge in [-0.3, -0.25) is 0 Å². The van der Waals surface area contributed by atoms with Crippen molar-refractivity contribution in [1.82, 2.24) is 0 Å². The number of unbranched alkanes of at least 4 members (excludes halogenated alkanes) is 16. The minimum Gasteiger partial charge on any atom is -0.455 e. The summed E-state index contributed by atoms with van der Waals surface area (Å²) >= 11 is 0. The Hall–Kier alpha value is -0.990. The van der Waals surface area contributed by atoms with Crippen molar-refractivity contribution in [3.05, 3.63) is 11.6 Å². The largest absolute Gasteiger partial charge is 0.455 e. The number of esters is 1. The van der Waals surface area contributed by atoms with E-state index in [4.69, 9.17) is 14.2 Å². The Kier molecular flexibility index (Phi) is 18.5. The average Bonchev–Trinajstić information content (AvgIpc) is 3.73. The molecule has 2 saturated heterocycles. The lowest BCUT2D eigenvalue weighted by atomic mass is 9.99. The molecule has 8 atom stereocenters. The van der Waals surface area contributed by atoms with Crippen molar-refractivity contribution < 1.29 is 34.3 Å². The van der Waals surface area contributed by atoms with Gasteiger partial charge in [0, 0.05) is 12.0 Å². The zero-order valence-corrected chi connectivity index (χ0v) is 28.1. The first-order valence-corrected chi connectivity index (χ1v) is 18.7. The van der Waals surface area contributed by atoms with Crippen LogP contribution >= 0.6 is 0 Å². The maximum Gasteiger partial charge on any atom is 0.334 e. The topological polar surface area (TPSA) is 105 Å². The van der Waals surface area contributed by atoms with E-state index in [2.05, 4.69) is 6.92 Å². The molecule has 0 amide bonds. The lowest BCUT2D eigenvalue weighted by Gasteiger charge is -2.25.